The third-order valence-electron chi connectivity index (χ3n) is 2.12. The SMILES string of the molecule is CC(C)=CC[C@]1(C)O[C@@H]1CO. The highest BCUT2D eigenvalue weighted by Gasteiger charge is 2.50. The first-order chi connectivity index (χ1) is 5.08. The van der Waals surface area contributed by atoms with Gasteiger partial charge in [-0.3, -0.25) is 0 Å². The maximum Gasteiger partial charge on any atom is 0.110 e. The van der Waals surface area contributed by atoms with Crippen LogP contribution in [0.1, 0.15) is 27.2 Å². The van der Waals surface area contributed by atoms with Crippen molar-refractivity contribution in [1.82, 2.24) is 0 Å². The van der Waals surface area contributed by atoms with Gasteiger partial charge >= 0.3 is 0 Å². The Morgan fingerprint density at radius 3 is 2.64 bits per heavy atom. The minimum atomic E-state index is -0.0774. The first-order valence-corrected chi connectivity index (χ1v) is 4.00. The number of epoxide rings is 1. The van der Waals surface area contributed by atoms with Gasteiger partial charge in [0.1, 0.15) is 6.10 Å². The zero-order valence-electron chi connectivity index (χ0n) is 7.42. The summed E-state index contributed by atoms with van der Waals surface area (Å²) in [5.41, 5.74) is 1.23. The minimum absolute atomic E-state index is 0.0677. The van der Waals surface area contributed by atoms with Crippen LogP contribution in [0.25, 0.3) is 0 Å². The van der Waals surface area contributed by atoms with Crippen molar-refractivity contribution in [3.63, 3.8) is 0 Å². The van der Waals surface area contributed by atoms with E-state index in [2.05, 4.69) is 19.9 Å². The second-order valence-corrected chi connectivity index (χ2v) is 3.59. The van der Waals surface area contributed by atoms with Crippen LogP contribution in [0, 0.1) is 0 Å². The molecule has 1 aliphatic heterocycles. The number of hydrogen-bond acceptors (Lipinski definition) is 2. The first-order valence-electron chi connectivity index (χ1n) is 4.00. The standard InChI is InChI=1S/C9H16O2/c1-7(2)4-5-9(3)8(6-10)11-9/h4,8,10H,5-6H2,1-3H3/t8-,9+/m1/s1. The molecule has 1 heterocycles. The Bertz CT molecular complexity index is 170. The Morgan fingerprint density at radius 2 is 2.27 bits per heavy atom. The highest BCUT2D eigenvalue weighted by Crippen LogP contribution is 2.39. The van der Waals surface area contributed by atoms with Gasteiger partial charge in [-0.15, -0.1) is 0 Å². The number of aliphatic hydroxyl groups excluding tert-OH is 1. The van der Waals surface area contributed by atoms with E-state index in [1.807, 2.05) is 6.92 Å². The molecule has 0 saturated carbocycles. The molecule has 11 heavy (non-hydrogen) atoms. The molecule has 1 saturated heterocycles. The molecule has 0 amide bonds. The molecule has 2 atom stereocenters. The number of allylic oxidation sites excluding steroid dienone is 1. The Morgan fingerprint density at radius 1 is 1.64 bits per heavy atom. The van der Waals surface area contributed by atoms with E-state index in [4.69, 9.17) is 9.84 Å². The molecule has 0 spiro atoms. The molecular weight excluding hydrogens is 140 g/mol. The third-order valence-corrected chi connectivity index (χ3v) is 2.12. The average molecular weight is 156 g/mol. The van der Waals surface area contributed by atoms with Crippen molar-refractivity contribution >= 4 is 0 Å². The summed E-state index contributed by atoms with van der Waals surface area (Å²) in [5, 5.41) is 8.76. The van der Waals surface area contributed by atoms with Crippen molar-refractivity contribution in [1.29, 1.82) is 0 Å². The van der Waals surface area contributed by atoms with Crippen LogP contribution in [0.5, 0.6) is 0 Å². The molecule has 2 heteroatoms. The van der Waals surface area contributed by atoms with E-state index in [0.717, 1.165) is 6.42 Å². The van der Waals surface area contributed by atoms with Crippen molar-refractivity contribution in [3.05, 3.63) is 11.6 Å². The Hall–Kier alpha value is -0.340. The second kappa shape index (κ2) is 2.95. The quantitative estimate of drug-likeness (QED) is 0.496. The van der Waals surface area contributed by atoms with Crippen LogP contribution in [0.4, 0.5) is 0 Å². The lowest BCUT2D eigenvalue weighted by molar-refractivity contribution is 0.237. The van der Waals surface area contributed by atoms with Crippen molar-refractivity contribution in [3.8, 4) is 0 Å². The van der Waals surface area contributed by atoms with E-state index in [-0.39, 0.29) is 18.3 Å². The van der Waals surface area contributed by atoms with Crippen molar-refractivity contribution < 1.29 is 9.84 Å². The Labute approximate surface area is 67.9 Å². The van der Waals surface area contributed by atoms with Gasteiger partial charge in [-0.2, -0.15) is 0 Å². The molecule has 0 aromatic carbocycles. The Kier molecular flexibility index (Phi) is 2.35. The lowest BCUT2D eigenvalue weighted by Gasteiger charge is -2.00. The lowest BCUT2D eigenvalue weighted by atomic mass is 10.0. The minimum Gasteiger partial charge on any atom is -0.394 e. The summed E-state index contributed by atoms with van der Waals surface area (Å²) in [6.07, 6.45) is 3.13. The summed E-state index contributed by atoms with van der Waals surface area (Å²) in [4.78, 5) is 0. The monoisotopic (exact) mass is 156 g/mol. The van der Waals surface area contributed by atoms with Gasteiger partial charge in [-0.05, 0) is 27.2 Å². The summed E-state index contributed by atoms with van der Waals surface area (Å²) in [6, 6.07) is 0. The summed E-state index contributed by atoms with van der Waals surface area (Å²) >= 11 is 0. The number of ether oxygens (including phenoxy) is 1. The van der Waals surface area contributed by atoms with E-state index in [1.54, 1.807) is 0 Å². The molecule has 1 rings (SSSR count). The smallest absolute Gasteiger partial charge is 0.110 e. The highest BCUT2D eigenvalue weighted by molar-refractivity contribution is 5.06. The van der Waals surface area contributed by atoms with Gasteiger partial charge in [0, 0.05) is 0 Å². The largest absolute Gasteiger partial charge is 0.394 e. The summed E-state index contributed by atoms with van der Waals surface area (Å²) < 4.78 is 5.31. The van der Waals surface area contributed by atoms with Gasteiger partial charge in [-0.1, -0.05) is 11.6 Å². The lowest BCUT2D eigenvalue weighted by Crippen LogP contribution is -2.11. The topological polar surface area (TPSA) is 32.8 Å². The second-order valence-electron chi connectivity index (χ2n) is 3.59. The molecule has 1 aliphatic rings. The number of hydrogen-bond donors (Lipinski definition) is 1. The summed E-state index contributed by atoms with van der Waals surface area (Å²) in [5.74, 6) is 0. The van der Waals surface area contributed by atoms with E-state index < -0.39 is 0 Å². The molecule has 0 aliphatic carbocycles. The number of aliphatic hydroxyl groups is 1. The zero-order valence-corrected chi connectivity index (χ0v) is 7.42. The van der Waals surface area contributed by atoms with Crippen LogP contribution >= 0.6 is 0 Å². The van der Waals surface area contributed by atoms with Gasteiger partial charge in [-0.25, -0.2) is 0 Å². The van der Waals surface area contributed by atoms with Crippen molar-refractivity contribution in [2.45, 2.75) is 38.9 Å². The maximum absolute atomic E-state index is 8.76. The molecule has 0 unspecified atom stereocenters. The molecule has 2 nitrogen and oxygen atoms in total. The van der Waals surface area contributed by atoms with Crippen LogP contribution in [0.15, 0.2) is 11.6 Å². The fourth-order valence-corrected chi connectivity index (χ4v) is 1.11. The van der Waals surface area contributed by atoms with E-state index in [0.29, 0.717) is 0 Å². The fraction of sp³-hybridized carbons (Fsp3) is 0.778. The average Bonchev–Trinajstić information content (AvgIpc) is 2.59. The van der Waals surface area contributed by atoms with Crippen LogP contribution in [-0.4, -0.2) is 23.4 Å². The van der Waals surface area contributed by atoms with Crippen molar-refractivity contribution in [2.24, 2.45) is 0 Å². The van der Waals surface area contributed by atoms with Gasteiger partial charge in [0.25, 0.3) is 0 Å². The molecule has 0 bridgehead atoms. The van der Waals surface area contributed by atoms with Gasteiger partial charge in [0.05, 0.1) is 12.2 Å². The molecule has 0 aromatic rings. The molecule has 1 N–H and O–H groups in total. The third kappa shape index (κ3) is 2.04. The van der Waals surface area contributed by atoms with Gasteiger partial charge < -0.3 is 9.84 Å². The Balaban J connectivity index is 2.34. The summed E-state index contributed by atoms with van der Waals surface area (Å²) in [7, 11) is 0. The van der Waals surface area contributed by atoms with Gasteiger partial charge in [0.2, 0.25) is 0 Å². The summed E-state index contributed by atoms with van der Waals surface area (Å²) in [6.45, 7) is 6.32. The predicted octanol–water partition coefficient (Wildman–Crippen LogP) is 1.49. The van der Waals surface area contributed by atoms with Crippen LogP contribution < -0.4 is 0 Å². The maximum atomic E-state index is 8.76. The molecule has 64 valence electrons. The zero-order chi connectivity index (χ0) is 8.48. The fourth-order valence-electron chi connectivity index (χ4n) is 1.11. The van der Waals surface area contributed by atoms with Crippen LogP contribution in [0.2, 0.25) is 0 Å². The molecule has 1 fully saturated rings. The molecular formula is C9H16O2. The molecule has 0 aromatic heterocycles. The number of rotatable bonds is 3. The van der Waals surface area contributed by atoms with E-state index >= 15 is 0 Å². The van der Waals surface area contributed by atoms with E-state index in [1.165, 1.54) is 5.57 Å². The normalized spacial score (nSPS) is 35.1. The van der Waals surface area contributed by atoms with Crippen molar-refractivity contribution in [2.75, 3.05) is 6.61 Å². The molecule has 0 radical (unpaired) electrons. The first kappa shape index (κ1) is 8.75. The van der Waals surface area contributed by atoms with Crippen LogP contribution in [0.3, 0.4) is 0 Å². The van der Waals surface area contributed by atoms with E-state index in [9.17, 15) is 0 Å². The van der Waals surface area contributed by atoms with Crippen LogP contribution in [-0.2, 0) is 4.74 Å². The predicted molar refractivity (Wildman–Crippen MR) is 44.4 cm³/mol. The van der Waals surface area contributed by atoms with Gasteiger partial charge in [0.15, 0.2) is 0 Å². The highest BCUT2D eigenvalue weighted by atomic mass is 16.6.